The summed E-state index contributed by atoms with van der Waals surface area (Å²) in [6, 6.07) is 0. The normalized spacial score (nSPS) is 22.7. The van der Waals surface area contributed by atoms with E-state index in [0.29, 0.717) is 25.4 Å². The summed E-state index contributed by atoms with van der Waals surface area (Å²) < 4.78 is 10.2. The topological polar surface area (TPSA) is 73.6 Å². The highest BCUT2D eigenvalue weighted by atomic mass is 16.5. The molecule has 5 nitrogen and oxygen atoms in total. The Labute approximate surface area is 90.3 Å². The van der Waals surface area contributed by atoms with Gasteiger partial charge in [0.25, 0.3) is 0 Å². The smallest absolute Gasteiger partial charge is 0.222 e. The summed E-state index contributed by atoms with van der Waals surface area (Å²) in [6.07, 6.45) is 1.19. The lowest BCUT2D eigenvalue weighted by Gasteiger charge is -2.14. The van der Waals surface area contributed by atoms with Crippen LogP contribution in [-0.2, 0) is 14.3 Å². The lowest BCUT2D eigenvalue weighted by atomic mass is 10.1. The zero-order chi connectivity index (χ0) is 11.1. The third kappa shape index (κ3) is 4.59. The van der Waals surface area contributed by atoms with Crippen LogP contribution in [0.1, 0.15) is 12.8 Å². The molecule has 1 heterocycles. The van der Waals surface area contributed by atoms with Crippen LogP contribution in [0.2, 0.25) is 0 Å². The number of hydrogen-bond acceptors (Lipinski definition) is 4. The quantitative estimate of drug-likeness (QED) is 0.628. The van der Waals surface area contributed by atoms with E-state index in [4.69, 9.17) is 15.2 Å². The number of rotatable bonds is 6. The first kappa shape index (κ1) is 12.4. The standard InChI is InChI=1S/C10H20N2O3/c1-14-9(5-11)4-10(13)12-6-8-2-3-15-7-8/h8-9H,2-7,11H2,1H3,(H,12,13). The molecule has 0 aromatic carbocycles. The highest BCUT2D eigenvalue weighted by Crippen LogP contribution is 2.10. The van der Waals surface area contributed by atoms with Crippen LogP contribution in [0.25, 0.3) is 0 Å². The Morgan fingerprint density at radius 1 is 1.73 bits per heavy atom. The number of methoxy groups -OCH3 is 1. The minimum atomic E-state index is -0.176. The third-order valence-corrected chi connectivity index (χ3v) is 2.62. The zero-order valence-corrected chi connectivity index (χ0v) is 9.20. The van der Waals surface area contributed by atoms with Gasteiger partial charge in [-0.15, -0.1) is 0 Å². The van der Waals surface area contributed by atoms with Gasteiger partial charge in [0.1, 0.15) is 0 Å². The van der Waals surface area contributed by atoms with E-state index in [-0.39, 0.29) is 12.0 Å². The fourth-order valence-electron chi connectivity index (χ4n) is 1.54. The van der Waals surface area contributed by atoms with Crippen molar-refractivity contribution in [3.8, 4) is 0 Å². The first-order valence-electron chi connectivity index (χ1n) is 5.33. The number of carbonyl (C=O) groups is 1. The summed E-state index contributed by atoms with van der Waals surface area (Å²) in [5, 5.41) is 2.87. The van der Waals surface area contributed by atoms with Crippen LogP contribution in [0.3, 0.4) is 0 Å². The molecular weight excluding hydrogens is 196 g/mol. The third-order valence-electron chi connectivity index (χ3n) is 2.62. The van der Waals surface area contributed by atoms with Gasteiger partial charge < -0.3 is 20.5 Å². The van der Waals surface area contributed by atoms with Gasteiger partial charge in [-0.1, -0.05) is 0 Å². The molecule has 5 heteroatoms. The van der Waals surface area contributed by atoms with Crippen LogP contribution in [0, 0.1) is 5.92 Å². The van der Waals surface area contributed by atoms with Crippen LogP contribution in [-0.4, -0.2) is 45.4 Å². The zero-order valence-electron chi connectivity index (χ0n) is 9.20. The molecule has 1 fully saturated rings. The largest absolute Gasteiger partial charge is 0.381 e. The van der Waals surface area contributed by atoms with Gasteiger partial charge in [-0.3, -0.25) is 4.79 Å². The molecule has 15 heavy (non-hydrogen) atoms. The van der Waals surface area contributed by atoms with Gasteiger partial charge in [-0.25, -0.2) is 0 Å². The summed E-state index contributed by atoms with van der Waals surface area (Å²) >= 11 is 0. The van der Waals surface area contributed by atoms with Crippen LogP contribution in [0.5, 0.6) is 0 Å². The summed E-state index contributed by atoms with van der Waals surface area (Å²) in [4.78, 5) is 11.4. The van der Waals surface area contributed by atoms with Crippen molar-refractivity contribution in [2.24, 2.45) is 11.7 Å². The molecule has 1 aliphatic rings. The van der Waals surface area contributed by atoms with Crippen molar-refractivity contribution in [3.63, 3.8) is 0 Å². The van der Waals surface area contributed by atoms with Gasteiger partial charge in [0, 0.05) is 32.7 Å². The van der Waals surface area contributed by atoms with E-state index >= 15 is 0 Å². The second kappa shape index (κ2) is 6.76. The highest BCUT2D eigenvalue weighted by molar-refractivity contribution is 5.76. The van der Waals surface area contributed by atoms with E-state index in [0.717, 1.165) is 19.6 Å². The number of carbonyl (C=O) groups excluding carboxylic acids is 1. The van der Waals surface area contributed by atoms with Crippen molar-refractivity contribution in [3.05, 3.63) is 0 Å². The summed E-state index contributed by atoms with van der Waals surface area (Å²) in [7, 11) is 1.57. The number of nitrogens with two attached hydrogens (primary N) is 1. The van der Waals surface area contributed by atoms with Gasteiger partial charge >= 0.3 is 0 Å². The molecule has 3 N–H and O–H groups in total. The van der Waals surface area contributed by atoms with Gasteiger partial charge in [0.15, 0.2) is 0 Å². The SMILES string of the molecule is COC(CN)CC(=O)NCC1CCOC1. The van der Waals surface area contributed by atoms with Gasteiger partial charge in [-0.2, -0.15) is 0 Å². The lowest BCUT2D eigenvalue weighted by Crippen LogP contribution is -2.34. The maximum Gasteiger partial charge on any atom is 0.222 e. The molecule has 0 saturated carbocycles. The Morgan fingerprint density at radius 3 is 3.07 bits per heavy atom. The Bertz CT molecular complexity index is 189. The summed E-state index contributed by atoms with van der Waals surface area (Å²) in [5.41, 5.74) is 5.42. The van der Waals surface area contributed by atoms with Crippen molar-refractivity contribution < 1.29 is 14.3 Å². The average Bonchev–Trinajstić information content (AvgIpc) is 2.75. The fourth-order valence-corrected chi connectivity index (χ4v) is 1.54. The highest BCUT2D eigenvalue weighted by Gasteiger charge is 2.17. The monoisotopic (exact) mass is 216 g/mol. The molecule has 1 saturated heterocycles. The molecule has 0 spiro atoms. The maximum absolute atomic E-state index is 11.4. The van der Waals surface area contributed by atoms with Gasteiger partial charge in [-0.05, 0) is 6.42 Å². The van der Waals surface area contributed by atoms with E-state index in [9.17, 15) is 4.79 Å². The maximum atomic E-state index is 11.4. The van der Waals surface area contributed by atoms with Crippen LogP contribution >= 0.6 is 0 Å². The fraction of sp³-hybridized carbons (Fsp3) is 0.900. The molecule has 88 valence electrons. The van der Waals surface area contributed by atoms with Crippen molar-refractivity contribution >= 4 is 5.91 Å². The van der Waals surface area contributed by atoms with Crippen molar-refractivity contribution in [2.45, 2.75) is 18.9 Å². The Hall–Kier alpha value is -0.650. The second-order valence-electron chi connectivity index (χ2n) is 3.83. The number of amides is 1. The van der Waals surface area contributed by atoms with Crippen LogP contribution in [0.15, 0.2) is 0 Å². The van der Waals surface area contributed by atoms with Gasteiger partial charge in [0.05, 0.1) is 19.1 Å². The molecular formula is C10H20N2O3. The number of nitrogens with one attached hydrogen (secondary N) is 1. The Kier molecular flexibility index (Phi) is 5.60. The predicted octanol–water partition coefficient (Wildman–Crippen LogP) is -0.497. The number of ether oxygens (including phenoxy) is 2. The van der Waals surface area contributed by atoms with Crippen molar-refractivity contribution in [1.29, 1.82) is 0 Å². The average molecular weight is 216 g/mol. The Morgan fingerprint density at radius 2 is 2.53 bits per heavy atom. The van der Waals surface area contributed by atoms with Crippen LogP contribution in [0.4, 0.5) is 0 Å². The molecule has 1 amide bonds. The summed E-state index contributed by atoms with van der Waals surface area (Å²) in [5.74, 6) is 0.465. The van der Waals surface area contributed by atoms with E-state index in [2.05, 4.69) is 5.32 Å². The first-order valence-corrected chi connectivity index (χ1v) is 5.33. The van der Waals surface area contributed by atoms with E-state index < -0.39 is 0 Å². The minimum absolute atomic E-state index is 0.000741. The molecule has 2 atom stereocenters. The Balaban J connectivity index is 2.11. The second-order valence-corrected chi connectivity index (χ2v) is 3.83. The minimum Gasteiger partial charge on any atom is -0.381 e. The molecule has 0 bridgehead atoms. The van der Waals surface area contributed by atoms with Crippen molar-refractivity contribution in [2.75, 3.05) is 33.4 Å². The molecule has 1 aliphatic heterocycles. The molecule has 1 rings (SSSR count). The molecule has 2 unspecified atom stereocenters. The van der Waals surface area contributed by atoms with Gasteiger partial charge in [0.2, 0.25) is 5.91 Å². The van der Waals surface area contributed by atoms with E-state index in [1.807, 2.05) is 0 Å². The van der Waals surface area contributed by atoms with E-state index in [1.54, 1.807) is 7.11 Å². The first-order chi connectivity index (χ1) is 7.26. The molecule has 0 aromatic rings. The molecule has 0 aromatic heterocycles. The van der Waals surface area contributed by atoms with Crippen LogP contribution < -0.4 is 11.1 Å². The molecule has 0 radical (unpaired) electrons. The lowest BCUT2D eigenvalue weighted by molar-refractivity contribution is -0.123. The summed E-state index contributed by atoms with van der Waals surface area (Å²) in [6.45, 7) is 2.63. The van der Waals surface area contributed by atoms with E-state index in [1.165, 1.54) is 0 Å². The number of hydrogen-bond donors (Lipinski definition) is 2. The molecule has 0 aliphatic carbocycles. The van der Waals surface area contributed by atoms with Crippen molar-refractivity contribution in [1.82, 2.24) is 5.32 Å². The predicted molar refractivity (Wildman–Crippen MR) is 56.4 cm³/mol.